The van der Waals surface area contributed by atoms with Gasteiger partial charge >= 0.3 is 5.97 Å². The van der Waals surface area contributed by atoms with Gasteiger partial charge in [-0.2, -0.15) is 0 Å². The molecule has 0 aromatic rings. The Labute approximate surface area is 64.2 Å². The fourth-order valence-electron chi connectivity index (χ4n) is 1.16. The first-order valence-electron chi connectivity index (χ1n) is 3.25. The molecule has 0 radical (unpaired) electrons. The molecule has 2 N–H and O–H groups in total. The van der Waals surface area contributed by atoms with Gasteiger partial charge < -0.3 is 5.11 Å². The second kappa shape index (κ2) is 2.80. The van der Waals surface area contributed by atoms with Crippen LogP contribution < -0.4 is 5.32 Å². The van der Waals surface area contributed by atoms with Crippen molar-refractivity contribution in [2.75, 3.05) is 12.8 Å². The van der Waals surface area contributed by atoms with Crippen molar-refractivity contribution in [2.45, 2.75) is 17.7 Å². The van der Waals surface area contributed by atoms with Crippen molar-refractivity contribution in [1.29, 1.82) is 0 Å². The third kappa shape index (κ3) is 1.13. The molecule has 3 nitrogen and oxygen atoms in total. The topological polar surface area (TPSA) is 49.3 Å². The van der Waals surface area contributed by atoms with Crippen molar-refractivity contribution >= 4 is 17.7 Å². The Balaban J connectivity index is 2.67. The van der Waals surface area contributed by atoms with Gasteiger partial charge in [0.25, 0.3) is 0 Å². The monoisotopic (exact) mass is 160 g/mol. The minimum Gasteiger partial charge on any atom is -0.479 e. The predicted octanol–water partition coefficient (Wildman–Crippen LogP) is 0.514. The number of nitrogens with one attached hydrogen (secondary N) is 1. The highest BCUT2D eigenvalue weighted by Gasteiger charge is 2.40. The van der Waals surface area contributed by atoms with Crippen molar-refractivity contribution in [3.8, 4) is 0 Å². The van der Waals surface area contributed by atoms with E-state index < -0.39 is 10.8 Å². The highest BCUT2D eigenvalue weighted by Crippen LogP contribution is 2.29. The summed E-state index contributed by atoms with van der Waals surface area (Å²) in [6.07, 6.45) is 3.53. The lowest BCUT2D eigenvalue weighted by atomic mass is 10.2. The van der Waals surface area contributed by atoms with Gasteiger partial charge in [0, 0.05) is 0 Å². The molecule has 0 aromatic carbocycles. The van der Waals surface area contributed by atoms with Gasteiger partial charge in [-0.15, -0.1) is 11.8 Å². The largest absolute Gasteiger partial charge is 0.479 e. The van der Waals surface area contributed by atoms with Crippen LogP contribution in [0.2, 0.25) is 0 Å². The average Bonchev–Trinajstić information content (AvgIpc) is 2.35. The summed E-state index contributed by atoms with van der Waals surface area (Å²) < 4.78 is 0. The van der Waals surface area contributed by atoms with Gasteiger partial charge in [-0.1, -0.05) is 0 Å². The molecular weight excluding hydrogens is 149 g/mol. The summed E-state index contributed by atoms with van der Waals surface area (Å²) in [4.78, 5) is 9.99. The lowest BCUT2D eigenvalue weighted by molar-refractivity contribution is -0.140. The first kappa shape index (κ1) is 7.88. The van der Waals surface area contributed by atoms with Crippen molar-refractivity contribution in [3.63, 3.8) is 0 Å². The van der Waals surface area contributed by atoms with Gasteiger partial charge in [-0.05, 0) is 25.6 Å². The highest BCUT2D eigenvalue weighted by atomic mass is 32.2. The van der Waals surface area contributed by atoms with E-state index in [0.717, 1.165) is 19.4 Å². The molecular formula is C6H11NO2S. The van der Waals surface area contributed by atoms with E-state index in [4.69, 9.17) is 5.11 Å². The zero-order chi connectivity index (χ0) is 7.61. The van der Waals surface area contributed by atoms with E-state index in [2.05, 4.69) is 5.32 Å². The van der Waals surface area contributed by atoms with Gasteiger partial charge in [0.2, 0.25) is 0 Å². The summed E-state index contributed by atoms with van der Waals surface area (Å²) in [5, 5.41) is 11.8. The Bertz CT molecular complexity index is 143. The normalized spacial score (nSPS) is 32.5. The van der Waals surface area contributed by atoms with E-state index in [1.165, 1.54) is 11.8 Å². The molecule has 0 unspecified atom stereocenters. The Kier molecular flexibility index (Phi) is 2.21. The standard InChI is InChI=1S/C6H11NO2S/c1-10-6(5(8)9)3-2-4-7-6/h7H,2-4H2,1H3,(H,8,9)/t6-/m1/s1/i1-1. The molecule has 1 aliphatic heterocycles. The lowest BCUT2D eigenvalue weighted by Crippen LogP contribution is -2.43. The van der Waals surface area contributed by atoms with E-state index >= 15 is 0 Å². The number of carbonyl (C=O) groups is 1. The SMILES string of the molecule is [11CH3]S[C@@]1(C(=O)O)CCCN1. The minimum absolute atomic E-state index is 0.681. The van der Waals surface area contributed by atoms with Crippen LogP contribution in [0.3, 0.4) is 0 Å². The molecule has 0 bridgehead atoms. The van der Waals surface area contributed by atoms with Crippen LogP contribution in [-0.4, -0.2) is 28.7 Å². The molecule has 0 spiro atoms. The molecule has 0 saturated carbocycles. The Hall–Kier alpha value is -0.220. The van der Waals surface area contributed by atoms with Crippen LogP contribution in [0.15, 0.2) is 0 Å². The number of rotatable bonds is 2. The van der Waals surface area contributed by atoms with E-state index in [-0.39, 0.29) is 0 Å². The fraction of sp³-hybridized carbons (Fsp3) is 0.833. The van der Waals surface area contributed by atoms with Crippen LogP contribution in [0.4, 0.5) is 0 Å². The van der Waals surface area contributed by atoms with Gasteiger partial charge in [0.05, 0.1) is 0 Å². The first-order valence-corrected chi connectivity index (χ1v) is 4.47. The zero-order valence-corrected chi connectivity index (χ0v) is 6.70. The van der Waals surface area contributed by atoms with Crippen molar-refractivity contribution in [1.82, 2.24) is 5.32 Å². The van der Waals surface area contributed by atoms with Crippen molar-refractivity contribution in [3.05, 3.63) is 0 Å². The first-order chi connectivity index (χ1) is 4.71. The summed E-state index contributed by atoms with van der Waals surface area (Å²) in [7, 11) is 0. The Morgan fingerprint density at radius 3 is 2.70 bits per heavy atom. The summed E-state index contributed by atoms with van der Waals surface area (Å²) in [6, 6.07) is 0. The summed E-state index contributed by atoms with van der Waals surface area (Å²) in [5.74, 6) is -0.738. The molecule has 1 aliphatic rings. The van der Waals surface area contributed by atoms with Crippen LogP contribution in [-0.2, 0) is 4.79 Å². The predicted molar refractivity (Wildman–Crippen MR) is 41.1 cm³/mol. The number of thioether (sulfide) groups is 1. The molecule has 0 amide bonds. The second-order valence-corrected chi connectivity index (χ2v) is 3.47. The van der Waals surface area contributed by atoms with E-state index in [1.807, 2.05) is 6.26 Å². The molecule has 58 valence electrons. The smallest absolute Gasteiger partial charge is 0.334 e. The molecule has 1 rings (SSSR count). The van der Waals surface area contributed by atoms with Crippen LogP contribution in [0.25, 0.3) is 0 Å². The molecule has 1 atom stereocenters. The number of aliphatic carboxylic acids is 1. The minimum atomic E-state index is -0.738. The van der Waals surface area contributed by atoms with Gasteiger partial charge in [-0.25, -0.2) is 4.79 Å². The van der Waals surface area contributed by atoms with E-state index in [9.17, 15) is 4.79 Å². The molecule has 1 fully saturated rings. The number of hydrogen-bond donors (Lipinski definition) is 2. The summed E-state index contributed by atoms with van der Waals surface area (Å²) >= 11 is 1.38. The van der Waals surface area contributed by atoms with E-state index in [0.29, 0.717) is 0 Å². The third-order valence-corrected chi connectivity index (χ3v) is 3.03. The molecule has 1 heterocycles. The van der Waals surface area contributed by atoms with Gasteiger partial charge in [0.15, 0.2) is 4.87 Å². The lowest BCUT2D eigenvalue weighted by Gasteiger charge is -2.20. The van der Waals surface area contributed by atoms with Crippen LogP contribution in [0.5, 0.6) is 0 Å². The van der Waals surface area contributed by atoms with Crippen molar-refractivity contribution in [2.24, 2.45) is 0 Å². The average molecular weight is 160 g/mol. The van der Waals surface area contributed by atoms with Crippen molar-refractivity contribution < 1.29 is 9.90 Å². The number of carboxylic acids is 1. The van der Waals surface area contributed by atoms with Crippen LogP contribution >= 0.6 is 11.8 Å². The maximum Gasteiger partial charge on any atom is 0.334 e. The Morgan fingerprint density at radius 1 is 1.80 bits per heavy atom. The maximum atomic E-state index is 10.7. The molecule has 4 heteroatoms. The quantitative estimate of drug-likeness (QED) is 0.618. The molecule has 0 aromatic heterocycles. The molecule has 10 heavy (non-hydrogen) atoms. The van der Waals surface area contributed by atoms with E-state index in [1.54, 1.807) is 0 Å². The molecule has 0 aliphatic carbocycles. The number of hydrogen-bond acceptors (Lipinski definition) is 3. The highest BCUT2D eigenvalue weighted by molar-refractivity contribution is 8.00. The van der Waals surface area contributed by atoms with Crippen LogP contribution in [0.1, 0.15) is 12.8 Å². The summed E-state index contributed by atoms with van der Waals surface area (Å²) in [6.45, 7) is 0.827. The summed E-state index contributed by atoms with van der Waals surface area (Å²) in [5.41, 5.74) is 0. The second-order valence-electron chi connectivity index (χ2n) is 2.37. The third-order valence-electron chi connectivity index (χ3n) is 1.81. The number of carboxylic acid groups (broad SMARTS) is 1. The molecule has 1 saturated heterocycles. The maximum absolute atomic E-state index is 10.7. The zero-order valence-electron chi connectivity index (χ0n) is 5.89. The Morgan fingerprint density at radius 2 is 2.50 bits per heavy atom. The van der Waals surface area contributed by atoms with Gasteiger partial charge in [-0.3, -0.25) is 5.32 Å². The van der Waals surface area contributed by atoms with Crippen LogP contribution in [0, 0.1) is 0 Å². The fourth-order valence-corrected chi connectivity index (χ4v) is 1.93. The van der Waals surface area contributed by atoms with Gasteiger partial charge in [0.1, 0.15) is 0 Å².